The Bertz CT molecular complexity index is 1600. The molecule has 0 unspecified atom stereocenters. The van der Waals surface area contributed by atoms with Crippen molar-refractivity contribution in [3.05, 3.63) is 114 Å². The normalized spacial score (nSPS) is 11.4. The summed E-state index contributed by atoms with van der Waals surface area (Å²) >= 11 is 0. The lowest BCUT2D eigenvalue weighted by molar-refractivity contribution is -0.136. The minimum Gasteiger partial charge on any atom is -0.427 e. The van der Waals surface area contributed by atoms with Gasteiger partial charge in [-0.3, -0.25) is 9.78 Å². The van der Waals surface area contributed by atoms with Crippen molar-refractivity contribution in [2.45, 2.75) is 19.6 Å². The highest BCUT2D eigenvalue weighted by Crippen LogP contribution is 2.41. The fraction of sp³-hybridized carbons (Fsp3) is 0.0968. The molecule has 0 saturated carbocycles. The molecule has 0 saturated heterocycles. The molecule has 5 rings (SSSR count). The Hall–Kier alpha value is -4.65. The molecule has 0 atom stereocenters. The zero-order valence-electron chi connectivity index (χ0n) is 20.4. The molecule has 7 heteroatoms. The van der Waals surface area contributed by atoms with Gasteiger partial charge in [0.05, 0.1) is 11.1 Å². The van der Waals surface area contributed by atoms with E-state index in [0.717, 1.165) is 34.0 Å². The molecule has 190 valence electrons. The molecule has 0 amide bonds. The predicted molar refractivity (Wildman–Crippen MR) is 143 cm³/mol. The third kappa shape index (κ3) is 5.37. The Morgan fingerprint density at radius 1 is 0.868 bits per heavy atom. The third-order valence-corrected chi connectivity index (χ3v) is 6.12. The SMILES string of the molecule is CC(=O)Oc1ccc(CNc2cccc(-c3c(-c4ccccc4)cnc4c(C(F)(F)F)cccc34)c2)cc1. The van der Waals surface area contributed by atoms with Gasteiger partial charge in [0.25, 0.3) is 0 Å². The average molecular weight is 513 g/mol. The standard InChI is InChI=1S/C31H23F3N2O2/c1-20(37)38-25-15-13-21(14-16-25)18-35-24-10-5-9-23(17-24)29-26-11-6-12-28(31(32,33)34)30(26)36-19-27(29)22-7-3-2-4-8-22/h2-17,19,35H,18H2,1H3. The minimum absolute atomic E-state index is 0.0825. The number of aromatic nitrogens is 1. The number of para-hydroxylation sites is 1. The molecule has 0 aliphatic rings. The number of nitrogens with one attached hydrogen (secondary N) is 1. The van der Waals surface area contributed by atoms with E-state index in [0.29, 0.717) is 23.2 Å². The van der Waals surface area contributed by atoms with E-state index in [4.69, 9.17) is 4.74 Å². The van der Waals surface area contributed by atoms with Crippen LogP contribution in [0.5, 0.6) is 5.75 Å². The van der Waals surface area contributed by atoms with Gasteiger partial charge in [-0.15, -0.1) is 0 Å². The van der Waals surface area contributed by atoms with Gasteiger partial charge >= 0.3 is 12.1 Å². The highest BCUT2D eigenvalue weighted by atomic mass is 19.4. The summed E-state index contributed by atoms with van der Waals surface area (Å²) in [5.74, 6) is 0.0908. The van der Waals surface area contributed by atoms with Gasteiger partial charge in [-0.05, 0) is 47.0 Å². The van der Waals surface area contributed by atoms with Crippen molar-refractivity contribution in [1.82, 2.24) is 4.98 Å². The number of ether oxygens (including phenoxy) is 1. The molecule has 0 spiro atoms. The second-order valence-corrected chi connectivity index (χ2v) is 8.78. The lowest BCUT2D eigenvalue weighted by atomic mass is 9.91. The van der Waals surface area contributed by atoms with Crippen molar-refractivity contribution in [3.63, 3.8) is 0 Å². The van der Waals surface area contributed by atoms with Crippen LogP contribution >= 0.6 is 0 Å². The van der Waals surface area contributed by atoms with Crippen molar-refractivity contribution < 1.29 is 22.7 Å². The summed E-state index contributed by atoms with van der Waals surface area (Å²) in [6.07, 6.45) is -3.00. The van der Waals surface area contributed by atoms with E-state index in [1.807, 2.05) is 66.7 Å². The second kappa shape index (κ2) is 10.4. The maximum Gasteiger partial charge on any atom is 0.418 e. The molecule has 1 heterocycles. The van der Waals surface area contributed by atoms with Gasteiger partial charge in [0.15, 0.2) is 0 Å². The second-order valence-electron chi connectivity index (χ2n) is 8.78. The number of nitrogens with zero attached hydrogens (tertiary/aromatic N) is 1. The molecule has 1 aromatic heterocycles. The Kier molecular flexibility index (Phi) is 6.83. The third-order valence-electron chi connectivity index (χ3n) is 6.12. The first-order chi connectivity index (χ1) is 18.3. The van der Waals surface area contributed by atoms with Crippen molar-refractivity contribution in [2.75, 3.05) is 5.32 Å². The number of rotatable bonds is 6. The van der Waals surface area contributed by atoms with Crippen LogP contribution in [-0.4, -0.2) is 11.0 Å². The van der Waals surface area contributed by atoms with Crippen LogP contribution in [0.3, 0.4) is 0 Å². The number of carbonyl (C=O) groups excluding carboxylic acids is 1. The van der Waals surface area contributed by atoms with Gasteiger partial charge in [-0.25, -0.2) is 0 Å². The molecular formula is C31H23F3N2O2. The van der Waals surface area contributed by atoms with E-state index in [9.17, 15) is 18.0 Å². The first kappa shape index (κ1) is 25.0. The van der Waals surface area contributed by atoms with Gasteiger partial charge in [0.2, 0.25) is 0 Å². The number of pyridine rings is 1. The van der Waals surface area contributed by atoms with E-state index in [1.54, 1.807) is 18.2 Å². The molecule has 4 aromatic carbocycles. The van der Waals surface area contributed by atoms with Crippen molar-refractivity contribution >= 4 is 22.6 Å². The van der Waals surface area contributed by atoms with Crippen LogP contribution in [-0.2, 0) is 17.5 Å². The monoisotopic (exact) mass is 512 g/mol. The number of alkyl halides is 3. The van der Waals surface area contributed by atoms with Crippen molar-refractivity contribution in [3.8, 4) is 28.0 Å². The molecular weight excluding hydrogens is 489 g/mol. The van der Waals surface area contributed by atoms with Crippen molar-refractivity contribution in [2.24, 2.45) is 0 Å². The van der Waals surface area contributed by atoms with E-state index >= 15 is 0 Å². The van der Waals surface area contributed by atoms with Gasteiger partial charge < -0.3 is 10.1 Å². The number of benzene rings is 4. The van der Waals surface area contributed by atoms with Crippen LogP contribution in [0.2, 0.25) is 0 Å². The number of anilines is 1. The molecule has 0 aliphatic carbocycles. The number of carbonyl (C=O) groups is 1. The zero-order chi connectivity index (χ0) is 26.7. The number of hydrogen-bond donors (Lipinski definition) is 1. The molecule has 0 aliphatic heterocycles. The Morgan fingerprint density at radius 2 is 1.58 bits per heavy atom. The lowest BCUT2D eigenvalue weighted by Crippen LogP contribution is -2.07. The fourth-order valence-electron chi connectivity index (χ4n) is 4.43. The molecule has 0 fully saturated rings. The molecule has 1 N–H and O–H groups in total. The smallest absolute Gasteiger partial charge is 0.418 e. The van der Waals surface area contributed by atoms with E-state index in [1.165, 1.54) is 19.2 Å². The topological polar surface area (TPSA) is 51.2 Å². The Morgan fingerprint density at radius 3 is 2.29 bits per heavy atom. The number of hydrogen-bond acceptors (Lipinski definition) is 4. The van der Waals surface area contributed by atoms with Crippen LogP contribution in [0.25, 0.3) is 33.2 Å². The Labute approximate surface area is 217 Å². The summed E-state index contributed by atoms with van der Waals surface area (Å²) in [5, 5.41) is 3.80. The molecule has 0 radical (unpaired) electrons. The maximum atomic E-state index is 13.8. The summed E-state index contributed by atoms with van der Waals surface area (Å²) in [6, 6.07) is 28.4. The maximum absolute atomic E-state index is 13.8. The summed E-state index contributed by atoms with van der Waals surface area (Å²) in [5.41, 5.74) is 4.00. The molecule has 5 aromatic rings. The first-order valence-corrected chi connectivity index (χ1v) is 12.0. The van der Waals surface area contributed by atoms with Crippen molar-refractivity contribution in [1.29, 1.82) is 0 Å². The van der Waals surface area contributed by atoms with Crippen LogP contribution < -0.4 is 10.1 Å². The van der Waals surface area contributed by atoms with Gasteiger partial charge in [-0.2, -0.15) is 13.2 Å². The van der Waals surface area contributed by atoms with Crippen LogP contribution in [0.1, 0.15) is 18.1 Å². The van der Waals surface area contributed by atoms with Gasteiger partial charge in [0.1, 0.15) is 5.75 Å². The summed E-state index contributed by atoms with van der Waals surface area (Å²) in [4.78, 5) is 15.4. The summed E-state index contributed by atoms with van der Waals surface area (Å²) in [6.45, 7) is 1.85. The van der Waals surface area contributed by atoms with Crippen LogP contribution in [0.4, 0.5) is 18.9 Å². The molecule has 0 bridgehead atoms. The largest absolute Gasteiger partial charge is 0.427 e. The fourth-order valence-corrected chi connectivity index (χ4v) is 4.43. The lowest BCUT2D eigenvalue weighted by Gasteiger charge is -2.17. The summed E-state index contributed by atoms with van der Waals surface area (Å²) < 4.78 is 46.5. The minimum atomic E-state index is -4.52. The van der Waals surface area contributed by atoms with Crippen LogP contribution in [0, 0.1) is 0 Å². The zero-order valence-corrected chi connectivity index (χ0v) is 20.4. The predicted octanol–water partition coefficient (Wildman–Crippen LogP) is 8.13. The average Bonchev–Trinajstić information content (AvgIpc) is 2.91. The number of esters is 1. The van der Waals surface area contributed by atoms with E-state index in [2.05, 4.69) is 10.3 Å². The van der Waals surface area contributed by atoms with Gasteiger partial charge in [0, 0.05) is 41.9 Å². The number of halogens is 3. The summed E-state index contributed by atoms with van der Waals surface area (Å²) in [7, 11) is 0. The highest BCUT2D eigenvalue weighted by Gasteiger charge is 2.33. The number of fused-ring (bicyclic) bond motifs is 1. The Balaban J connectivity index is 1.55. The first-order valence-electron chi connectivity index (χ1n) is 12.0. The molecule has 4 nitrogen and oxygen atoms in total. The van der Waals surface area contributed by atoms with Crippen LogP contribution in [0.15, 0.2) is 103 Å². The van der Waals surface area contributed by atoms with E-state index in [-0.39, 0.29) is 11.5 Å². The van der Waals surface area contributed by atoms with E-state index < -0.39 is 11.7 Å². The molecule has 38 heavy (non-hydrogen) atoms. The quantitative estimate of drug-likeness (QED) is 0.184. The highest BCUT2D eigenvalue weighted by molar-refractivity contribution is 6.03. The van der Waals surface area contributed by atoms with Gasteiger partial charge in [-0.1, -0.05) is 66.7 Å².